The summed E-state index contributed by atoms with van der Waals surface area (Å²) >= 11 is 1.44. The summed E-state index contributed by atoms with van der Waals surface area (Å²) in [6, 6.07) is 18.3. The molecule has 168 valence electrons. The van der Waals surface area contributed by atoms with Crippen molar-refractivity contribution in [1.29, 1.82) is 0 Å². The van der Waals surface area contributed by atoms with Crippen molar-refractivity contribution in [3.63, 3.8) is 0 Å². The second-order valence-electron chi connectivity index (χ2n) is 8.00. The van der Waals surface area contributed by atoms with Crippen LogP contribution in [0.3, 0.4) is 0 Å². The fraction of sp³-hybridized carbons (Fsp3) is 0.375. The highest BCUT2D eigenvalue weighted by Crippen LogP contribution is 2.30. The zero-order chi connectivity index (χ0) is 22.5. The molecule has 1 aromatic heterocycles. The van der Waals surface area contributed by atoms with Gasteiger partial charge in [0.05, 0.1) is 24.2 Å². The molecule has 0 N–H and O–H groups in total. The molecule has 1 saturated heterocycles. The van der Waals surface area contributed by atoms with Crippen LogP contribution in [0, 0.1) is 6.92 Å². The van der Waals surface area contributed by atoms with E-state index >= 15 is 0 Å². The number of hydrogen-bond acceptors (Lipinski definition) is 6. The van der Waals surface area contributed by atoms with E-state index in [-0.39, 0.29) is 11.2 Å². The molecule has 0 aliphatic carbocycles. The molecule has 2 aromatic carbocycles. The molecule has 2 heterocycles. The van der Waals surface area contributed by atoms with Gasteiger partial charge >= 0.3 is 0 Å². The second kappa shape index (κ2) is 10.2. The van der Waals surface area contributed by atoms with E-state index < -0.39 is 0 Å². The molecule has 8 heteroatoms. The van der Waals surface area contributed by atoms with Gasteiger partial charge in [0.15, 0.2) is 5.16 Å². The van der Waals surface area contributed by atoms with E-state index in [1.807, 2.05) is 50.4 Å². The van der Waals surface area contributed by atoms with Crippen molar-refractivity contribution >= 4 is 23.6 Å². The number of morpholine rings is 1. The van der Waals surface area contributed by atoms with E-state index in [2.05, 4.69) is 44.8 Å². The van der Waals surface area contributed by atoms with Crippen LogP contribution in [0.2, 0.25) is 0 Å². The van der Waals surface area contributed by atoms with Crippen LogP contribution < -0.4 is 4.90 Å². The van der Waals surface area contributed by atoms with Gasteiger partial charge < -0.3 is 14.5 Å². The fourth-order valence-corrected chi connectivity index (χ4v) is 4.73. The third kappa shape index (κ3) is 5.14. The predicted octanol–water partition coefficient (Wildman–Crippen LogP) is 3.55. The van der Waals surface area contributed by atoms with E-state index in [9.17, 15) is 4.79 Å². The lowest BCUT2D eigenvalue weighted by atomic mass is 10.2. The van der Waals surface area contributed by atoms with Crippen molar-refractivity contribution in [2.24, 2.45) is 0 Å². The van der Waals surface area contributed by atoms with Gasteiger partial charge in [0.2, 0.25) is 11.9 Å². The fourth-order valence-electron chi connectivity index (χ4n) is 3.75. The van der Waals surface area contributed by atoms with E-state index in [1.165, 1.54) is 11.8 Å². The van der Waals surface area contributed by atoms with Crippen molar-refractivity contribution in [3.8, 4) is 5.69 Å². The highest BCUT2D eigenvalue weighted by Gasteiger charge is 2.26. The molecule has 1 fully saturated rings. The molecule has 0 radical (unpaired) electrons. The Balaban J connectivity index is 1.57. The van der Waals surface area contributed by atoms with Gasteiger partial charge in [-0.15, -0.1) is 10.2 Å². The summed E-state index contributed by atoms with van der Waals surface area (Å²) in [5.74, 6) is 0.851. The number of benzene rings is 2. The number of carbonyl (C=O) groups is 1. The number of anilines is 1. The number of thioether (sulfide) groups is 1. The van der Waals surface area contributed by atoms with Crippen molar-refractivity contribution in [2.75, 3.05) is 38.3 Å². The Bertz CT molecular complexity index is 1050. The van der Waals surface area contributed by atoms with E-state index in [0.29, 0.717) is 24.9 Å². The van der Waals surface area contributed by atoms with E-state index in [1.54, 1.807) is 4.90 Å². The minimum absolute atomic E-state index is 0.0607. The lowest BCUT2D eigenvalue weighted by Crippen LogP contribution is -2.38. The minimum atomic E-state index is -0.297. The summed E-state index contributed by atoms with van der Waals surface area (Å²) in [7, 11) is 1.84. The van der Waals surface area contributed by atoms with Gasteiger partial charge in [-0.1, -0.05) is 54.2 Å². The molecule has 0 saturated carbocycles. The lowest BCUT2D eigenvalue weighted by molar-refractivity contribution is -0.129. The minimum Gasteiger partial charge on any atom is -0.378 e. The topological polar surface area (TPSA) is 63.5 Å². The van der Waals surface area contributed by atoms with Gasteiger partial charge in [-0.05, 0) is 37.1 Å². The average Bonchev–Trinajstić information content (AvgIpc) is 3.23. The molecule has 7 nitrogen and oxygen atoms in total. The van der Waals surface area contributed by atoms with Gasteiger partial charge in [-0.2, -0.15) is 0 Å². The van der Waals surface area contributed by atoms with Gasteiger partial charge in [-0.25, -0.2) is 0 Å². The van der Waals surface area contributed by atoms with Crippen molar-refractivity contribution in [1.82, 2.24) is 19.7 Å². The van der Waals surface area contributed by atoms with Crippen LogP contribution in [0.1, 0.15) is 18.1 Å². The van der Waals surface area contributed by atoms with Crippen LogP contribution >= 0.6 is 11.8 Å². The number of aromatic nitrogens is 3. The van der Waals surface area contributed by atoms with E-state index in [4.69, 9.17) is 4.74 Å². The van der Waals surface area contributed by atoms with Crippen LogP contribution in [0.4, 0.5) is 5.95 Å². The van der Waals surface area contributed by atoms with E-state index in [0.717, 1.165) is 35.9 Å². The van der Waals surface area contributed by atoms with Gasteiger partial charge in [0.25, 0.3) is 0 Å². The first kappa shape index (κ1) is 22.4. The molecule has 3 aromatic rings. The Labute approximate surface area is 193 Å². The maximum Gasteiger partial charge on any atom is 0.235 e. The maximum atomic E-state index is 13.1. The molecule has 4 rings (SSSR count). The molecule has 0 spiro atoms. The summed E-state index contributed by atoms with van der Waals surface area (Å²) in [6.45, 7) is 7.45. The number of nitrogens with zero attached hydrogens (tertiary/aromatic N) is 5. The first-order valence-corrected chi connectivity index (χ1v) is 11.7. The molecule has 0 bridgehead atoms. The van der Waals surface area contributed by atoms with Crippen LogP contribution in [0.25, 0.3) is 5.69 Å². The molecule has 1 aliphatic heterocycles. The molecule has 1 aliphatic rings. The van der Waals surface area contributed by atoms with Crippen LogP contribution in [-0.4, -0.2) is 64.2 Å². The molecule has 1 amide bonds. The first-order chi connectivity index (χ1) is 15.5. The average molecular weight is 452 g/mol. The Kier molecular flexibility index (Phi) is 7.12. The summed E-state index contributed by atoms with van der Waals surface area (Å²) in [5, 5.41) is 9.41. The smallest absolute Gasteiger partial charge is 0.235 e. The zero-order valence-corrected chi connectivity index (χ0v) is 19.6. The highest BCUT2D eigenvalue weighted by atomic mass is 32.2. The molecular weight excluding hydrogens is 422 g/mol. The summed E-state index contributed by atoms with van der Waals surface area (Å²) in [6.07, 6.45) is 0. The first-order valence-electron chi connectivity index (χ1n) is 10.8. The Morgan fingerprint density at radius 1 is 1.12 bits per heavy atom. The SMILES string of the molecule is Cc1cccc(-n2c(SC(C)C(=O)N(C)Cc3ccccc3)nnc2N2CCOCC2)c1. The normalized spacial score (nSPS) is 14.9. The van der Waals surface area contributed by atoms with Crippen LogP contribution in [0.5, 0.6) is 0 Å². The number of hydrogen-bond donors (Lipinski definition) is 0. The van der Waals surface area contributed by atoms with Gasteiger partial charge in [0, 0.05) is 26.7 Å². The van der Waals surface area contributed by atoms with Crippen molar-refractivity contribution < 1.29 is 9.53 Å². The summed E-state index contributed by atoms with van der Waals surface area (Å²) in [5.41, 5.74) is 3.26. The predicted molar refractivity (Wildman–Crippen MR) is 127 cm³/mol. The monoisotopic (exact) mass is 451 g/mol. The summed E-state index contributed by atoms with van der Waals surface area (Å²) < 4.78 is 7.57. The zero-order valence-electron chi connectivity index (χ0n) is 18.8. The quantitative estimate of drug-likeness (QED) is 0.512. The van der Waals surface area contributed by atoms with Crippen molar-refractivity contribution in [2.45, 2.75) is 30.8 Å². The molecular formula is C24H29N5O2S. The molecule has 1 atom stereocenters. The Hall–Kier alpha value is -2.84. The van der Waals surface area contributed by atoms with Crippen molar-refractivity contribution in [3.05, 3.63) is 65.7 Å². The Morgan fingerprint density at radius 2 is 1.88 bits per heavy atom. The third-order valence-corrected chi connectivity index (χ3v) is 6.47. The lowest BCUT2D eigenvalue weighted by Gasteiger charge is -2.28. The van der Waals surface area contributed by atoms with Crippen LogP contribution in [0.15, 0.2) is 59.8 Å². The second-order valence-corrected chi connectivity index (χ2v) is 9.30. The molecule has 1 unspecified atom stereocenters. The standard InChI is InChI=1S/C24H29N5O2S/c1-18-8-7-11-21(16-18)29-23(28-12-14-31-15-13-28)25-26-24(29)32-19(2)22(30)27(3)17-20-9-5-4-6-10-20/h4-11,16,19H,12-15,17H2,1-3H3. The Morgan fingerprint density at radius 3 is 2.59 bits per heavy atom. The maximum absolute atomic E-state index is 13.1. The van der Waals surface area contributed by atoms with Gasteiger partial charge in [-0.3, -0.25) is 9.36 Å². The molecule has 32 heavy (non-hydrogen) atoms. The number of aryl methyl sites for hydroxylation is 1. The number of carbonyl (C=O) groups excluding carboxylic acids is 1. The highest BCUT2D eigenvalue weighted by molar-refractivity contribution is 8.00. The largest absolute Gasteiger partial charge is 0.378 e. The van der Waals surface area contributed by atoms with Gasteiger partial charge in [0.1, 0.15) is 0 Å². The van der Waals surface area contributed by atoms with Crippen LogP contribution in [-0.2, 0) is 16.1 Å². The number of rotatable bonds is 7. The third-order valence-electron chi connectivity index (χ3n) is 5.44. The summed E-state index contributed by atoms with van der Waals surface area (Å²) in [4.78, 5) is 17.0. The number of amides is 1. The number of ether oxygens (including phenoxy) is 1.